The number of nitrogens with zero attached hydrogens (tertiary/aromatic N) is 2. The molecule has 4 aromatic heterocycles. The highest BCUT2D eigenvalue weighted by molar-refractivity contribution is 6.19. The van der Waals surface area contributed by atoms with Gasteiger partial charge in [0.25, 0.3) is 0 Å². The van der Waals surface area contributed by atoms with Crippen molar-refractivity contribution in [3.63, 3.8) is 0 Å². The van der Waals surface area contributed by atoms with Gasteiger partial charge in [-0.15, -0.1) is 0 Å². The van der Waals surface area contributed by atoms with Gasteiger partial charge in [0, 0.05) is 49.1 Å². The molecule has 5 nitrogen and oxygen atoms in total. The summed E-state index contributed by atoms with van der Waals surface area (Å²) in [6.07, 6.45) is 0. The lowest BCUT2D eigenvalue weighted by Crippen LogP contribution is -1.94. The molecule has 4 heterocycles. The summed E-state index contributed by atoms with van der Waals surface area (Å²) in [5, 5.41) is 5.31. The van der Waals surface area contributed by atoms with E-state index in [9.17, 15) is 0 Å². The van der Waals surface area contributed by atoms with Crippen LogP contribution in [0.3, 0.4) is 0 Å². The molecule has 0 bridgehead atoms. The number of para-hydroxylation sites is 2. The molecule has 5 aromatic carbocycles. The maximum absolute atomic E-state index is 6.62. The summed E-state index contributed by atoms with van der Waals surface area (Å²) >= 11 is 0. The number of benzene rings is 5. The Hall–Kier alpha value is -5.42. The van der Waals surface area contributed by atoms with Crippen LogP contribution in [0, 0.1) is 0 Å². The fraction of sp³-hybridized carbons (Fsp3) is 0. The Morgan fingerprint density at radius 3 is 2.26 bits per heavy atom. The van der Waals surface area contributed by atoms with E-state index in [1.54, 1.807) is 0 Å². The van der Waals surface area contributed by atoms with Crippen LogP contribution < -0.4 is 0 Å². The van der Waals surface area contributed by atoms with Crippen LogP contribution in [-0.2, 0) is 0 Å². The Balaban J connectivity index is 1.43. The number of nitrogens with one attached hydrogen (secondary N) is 1. The first-order valence-electron chi connectivity index (χ1n) is 12.9. The van der Waals surface area contributed by atoms with E-state index >= 15 is 0 Å². The second kappa shape index (κ2) is 7.55. The summed E-state index contributed by atoms with van der Waals surface area (Å²) in [6.45, 7) is 0. The molecule has 9 rings (SSSR count). The third-order valence-corrected chi connectivity index (χ3v) is 7.63. The van der Waals surface area contributed by atoms with Crippen LogP contribution >= 0.6 is 0 Å². The Bertz CT molecular complexity index is 2390. The van der Waals surface area contributed by atoms with Gasteiger partial charge >= 0.3 is 0 Å². The lowest BCUT2D eigenvalue weighted by molar-refractivity contribution is 0.667. The van der Waals surface area contributed by atoms with E-state index in [1.165, 1.54) is 5.39 Å². The van der Waals surface area contributed by atoms with E-state index in [0.29, 0.717) is 11.4 Å². The first-order chi connectivity index (χ1) is 19.3. The Labute approximate surface area is 221 Å². The van der Waals surface area contributed by atoms with Crippen LogP contribution in [0.5, 0.6) is 0 Å². The molecule has 182 valence electrons. The highest BCUT2D eigenvalue weighted by Gasteiger charge is 2.22. The van der Waals surface area contributed by atoms with Gasteiger partial charge in [0.15, 0.2) is 11.4 Å². The first kappa shape index (κ1) is 20.6. The molecule has 39 heavy (non-hydrogen) atoms. The summed E-state index contributed by atoms with van der Waals surface area (Å²) in [5.74, 6) is 0.655. The third kappa shape index (κ3) is 2.90. The molecular weight excluding hydrogens is 482 g/mol. The number of furan rings is 2. The molecule has 5 heteroatoms. The molecule has 0 spiro atoms. The lowest BCUT2D eigenvalue weighted by Gasteiger charge is -2.07. The monoisotopic (exact) mass is 501 g/mol. The zero-order chi connectivity index (χ0) is 25.5. The van der Waals surface area contributed by atoms with E-state index in [1.807, 2.05) is 66.7 Å². The SMILES string of the molecule is c1ccc(-c2nc(-c3cccc4oc5ccccc5c34)c3oc4cc5c(cc4c3n2)[nH]c2ccccc25)cc1. The molecule has 1 N–H and O–H groups in total. The molecule has 0 radical (unpaired) electrons. The van der Waals surface area contributed by atoms with Crippen molar-refractivity contribution in [2.45, 2.75) is 0 Å². The van der Waals surface area contributed by atoms with Crippen LogP contribution in [-0.4, -0.2) is 15.0 Å². The number of aromatic nitrogens is 3. The standard InChI is InChI=1S/C34H19N3O2/c1-2-9-19(10-3-1)34-36-31(22-13-8-16-28-30(22)21-12-5-7-15-27(21)38-28)33-32(37-34)24-17-26-23(18-29(24)39-33)20-11-4-6-14-25(20)35-26/h1-18,35H. The topological polar surface area (TPSA) is 67.8 Å². The Morgan fingerprint density at radius 1 is 0.538 bits per heavy atom. The van der Waals surface area contributed by atoms with Crippen molar-refractivity contribution < 1.29 is 8.83 Å². The average molecular weight is 502 g/mol. The lowest BCUT2D eigenvalue weighted by atomic mass is 10.0. The Morgan fingerprint density at radius 2 is 1.33 bits per heavy atom. The van der Waals surface area contributed by atoms with E-state index < -0.39 is 0 Å². The van der Waals surface area contributed by atoms with Crippen LogP contribution in [0.2, 0.25) is 0 Å². The number of aromatic amines is 1. The van der Waals surface area contributed by atoms with Crippen molar-refractivity contribution in [2.24, 2.45) is 0 Å². The second-order valence-electron chi connectivity index (χ2n) is 9.88. The van der Waals surface area contributed by atoms with Gasteiger partial charge in [-0.3, -0.25) is 0 Å². The van der Waals surface area contributed by atoms with Crippen LogP contribution in [0.25, 0.3) is 88.5 Å². The van der Waals surface area contributed by atoms with Gasteiger partial charge in [-0.2, -0.15) is 0 Å². The van der Waals surface area contributed by atoms with Gasteiger partial charge in [0.05, 0.1) is 0 Å². The summed E-state index contributed by atoms with van der Waals surface area (Å²) in [4.78, 5) is 13.8. The third-order valence-electron chi connectivity index (χ3n) is 7.63. The number of hydrogen-bond acceptors (Lipinski definition) is 4. The number of hydrogen-bond donors (Lipinski definition) is 1. The largest absolute Gasteiger partial charge is 0.456 e. The summed E-state index contributed by atoms with van der Waals surface area (Å²) < 4.78 is 12.8. The zero-order valence-corrected chi connectivity index (χ0v) is 20.6. The maximum Gasteiger partial charge on any atom is 0.180 e. The minimum atomic E-state index is 0.655. The summed E-state index contributed by atoms with van der Waals surface area (Å²) in [6, 6.07) is 36.9. The van der Waals surface area contributed by atoms with Gasteiger partial charge in [-0.05, 0) is 30.3 Å². The van der Waals surface area contributed by atoms with E-state index in [-0.39, 0.29) is 0 Å². The van der Waals surface area contributed by atoms with Gasteiger partial charge in [0.1, 0.15) is 28.0 Å². The highest BCUT2D eigenvalue weighted by Crippen LogP contribution is 2.42. The molecule has 0 aliphatic rings. The van der Waals surface area contributed by atoms with Crippen molar-refractivity contribution in [3.05, 3.63) is 109 Å². The van der Waals surface area contributed by atoms with Crippen molar-refractivity contribution in [2.75, 3.05) is 0 Å². The van der Waals surface area contributed by atoms with Crippen molar-refractivity contribution in [1.29, 1.82) is 0 Å². The molecule has 0 aliphatic carbocycles. The molecule has 0 atom stereocenters. The molecule has 0 unspecified atom stereocenters. The van der Waals surface area contributed by atoms with Gasteiger partial charge in [-0.25, -0.2) is 9.97 Å². The van der Waals surface area contributed by atoms with Crippen molar-refractivity contribution >= 4 is 65.8 Å². The molecule has 9 aromatic rings. The smallest absolute Gasteiger partial charge is 0.180 e. The molecular formula is C34H19N3O2. The molecule has 0 saturated carbocycles. The maximum atomic E-state index is 6.62. The van der Waals surface area contributed by atoms with Gasteiger partial charge in [-0.1, -0.05) is 78.9 Å². The summed E-state index contributed by atoms with van der Waals surface area (Å²) in [5.41, 5.74) is 8.71. The quantitative estimate of drug-likeness (QED) is 0.256. The fourth-order valence-electron chi connectivity index (χ4n) is 5.86. The number of rotatable bonds is 2. The molecule has 0 aliphatic heterocycles. The van der Waals surface area contributed by atoms with Crippen molar-refractivity contribution in [3.8, 4) is 22.6 Å². The Kier molecular flexibility index (Phi) is 3.99. The zero-order valence-electron chi connectivity index (χ0n) is 20.6. The fourth-order valence-corrected chi connectivity index (χ4v) is 5.86. The van der Waals surface area contributed by atoms with Crippen LogP contribution in [0.15, 0.2) is 118 Å². The minimum absolute atomic E-state index is 0.655. The molecule has 0 amide bonds. The number of H-pyrrole nitrogens is 1. The van der Waals surface area contributed by atoms with E-state index in [2.05, 4.69) is 47.4 Å². The predicted molar refractivity (Wildman–Crippen MR) is 157 cm³/mol. The average Bonchev–Trinajstić information content (AvgIpc) is 3.66. The first-order valence-corrected chi connectivity index (χ1v) is 12.9. The van der Waals surface area contributed by atoms with E-state index in [0.717, 1.165) is 71.7 Å². The van der Waals surface area contributed by atoms with Gasteiger partial charge < -0.3 is 13.8 Å². The minimum Gasteiger partial charge on any atom is -0.456 e. The van der Waals surface area contributed by atoms with E-state index in [4.69, 9.17) is 18.8 Å². The predicted octanol–water partition coefficient (Wildman–Crippen LogP) is 9.24. The second-order valence-corrected chi connectivity index (χ2v) is 9.88. The molecule has 0 saturated heterocycles. The van der Waals surface area contributed by atoms with Crippen LogP contribution in [0.1, 0.15) is 0 Å². The van der Waals surface area contributed by atoms with Crippen molar-refractivity contribution in [1.82, 2.24) is 15.0 Å². The number of fused-ring (bicyclic) bond motifs is 9. The van der Waals surface area contributed by atoms with Gasteiger partial charge in [0.2, 0.25) is 0 Å². The highest BCUT2D eigenvalue weighted by atomic mass is 16.3. The molecule has 0 fully saturated rings. The van der Waals surface area contributed by atoms with Crippen LogP contribution in [0.4, 0.5) is 0 Å². The normalized spacial score (nSPS) is 12.1. The summed E-state index contributed by atoms with van der Waals surface area (Å²) in [7, 11) is 0.